The van der Waals surface area contributed by atoms with E-state index in [4.69, 9.17) is 14.2 Å². The number of aryl methyl sites for hydroxylation is 2. The average molecular weight is 518 g/mol. The number of hydrogen-bond donors (Lipinski definition) is 0. The van der Waals surface area contributed by atoms with E-state index in [0.29, 0.717) is 30.2 Å². The van der Waals surface area contributed by atoms with Gasteiger partial charge in [-0.25, -0.2) is 4.68 Å². The highest BCUT2D eigenvalue weighted by Gasteiger charge is 2.28. The molecular formula is C31H39N3O4. The number of nitrogens with zero attached hydrogens (tertiary/aromatic N) is 3. The van der Waals surface area contributed by atoms with Crippen molar-refractivity contribution >= 4 is 5.91 Å². The molecule has 5 rings (SSSR count). The largest absolute Gasteiger partial charge is 0.493 e. The molecule has 1 saturated carbocycles. The van der Waals surface area contributed by atoms with Gasteiger partial charge >= 0.3 is 0 Å². The Morgan fingerprint density at radius 3 is 2.55 bits per heavy atom. The van der Waals surface area contributed by atoms with Gasteiger partial charge in [-0.2, -0.15) is 5.10 Å². The highest BCUT2D eigenvalue weighted by Crippen LogP contribution is 2.32. The van der Waals surface area contributed by atoms with E-state index in [2.05, 4.69) is 5.10 Å². The molecule has 0 bridgehead atoms. The van der Waals surface area contributed by atoms with Crippen molar-refractivity contribution in [2.45, 2.75) is 77.5 Å². The van der Waals surface area contributed by atoms with Crippen LogP contribution in [0.5, 0.6) is 11.5 Å². The highest BCUT2D eigenvalue weighted by molar-refractivity contribution is 5.95. The maximum atomic E-state index is 13.9. The molecule has 0 unspecified atom stereocenters. The van der Waals surface area contributed by atoms with Crippen molar-refractivity contribution in [2.24, 2.45) is 0 Å². The number of aromatic nitrogens is 2. The second kappa shape index (κ2) is 12.0. The van der Waals surface area contributed by atoms with Gasteiger partial charge < -0.3 is 19.1 Å². The van der Waals surface area contributed by atoms with E-state index in [1.54, 1.807) is 7.11 Å². The van der Waals surface area contributed by atoms with E-state index in [1.807, 2.05) is 72.0 Å². The molecule has 3 aromatic rings. The van der Waals surface area contributed by atoms with Gasteiger partial charge in [-0.1, -0.05) is 25.0 Å². The Labute approximate surface area is 225 Å². The molecule has 2 heterocycles. The number of carbonyl (C=O) groups excluding carboxylic acids is 1. The number of carbonyl (C=O) groups is 1. The number of amides is 1. The fraction of sp³-hybridized carbons (Fsp3) is 0.484. The summed E-state index contributed by atoms with van der Waals surface area (Å²) < 4.78 is 19.4. The maximum Gasteiger partial charge on any atom is 0.254 e. The third kappa shape index (κ3) is 6.04. The molecule has 38 heavy (non-hydrogen) atoms. The van der Waals surface area contributed by atoms with Gasteiger partial charge in [-0.05, 0) is 87.9 Å². The Kier molecular flexibility index (Phi) is 8.32. The second-order valence-corrected chi connectivity index (χ2v) is 10.5. The number of benzene rings is 2. The van der Waals surface area contributed by atoms with Crippen molar-refractivity contribution in [2.75, 3.05) is 20.3 Å². The first-order chi connectivity index (χ1) is 18.5. The van der Waals surface area contributed by atoms with Crippen LogP contribution in [-0.4, -0.2) is 53.1 Å². The molecule has 7 nitrogen and oxygen atoms in total. The number of hydrogen-bond acceptors (Lipinski definition) is 5. The van der Waals surface area contributed by atoms with Crippen molar-refractivity contribution in [3.05, 3.63) is 71.0 Å². The lowest BCUT2D eigenvalue weighted by Gasteiger charge is -2.30. The van der Waals surface area contributed by atoms with Gasteiger partial charge in [-0.15, -0.1) is 0 Å². The van der Waals surface area contributed by atoms with Crippen LogP contribution in [0.15, 0.2) is 48.5 Å². The summed E-state index contributed by atoms with van der Waals surface area (Å²) in [5.74, 6) is 1.44. The molecule has 2 aromatic carbocycles. The first-order valence-corrected chi connectivity index (χ1v) is 13.9. The fourth-order valence-corrected chi connectivity index (χ4v) is 5.66. The summed E-state index contributed by atoms with van der Waals surface area (Å²) in [7, 11) is 1.66. The van der Waals surface area contributed by atoms with Crippen LogP contribution in [0.3, 0.4) is 0 Å². The van der Waals surface area contributed by atoms with Gasteiger partial charge in [0.2, 0.25) is 0 Å². The van der Waals surface area contributed by atoms with E-state index in [1.165, 1.54) is 6.42 Å². The number of methoxy groups -OCH3 is 1. The Bertz CT molecular complexity index is 1240. The van der Waals surface area contributed by atoms with Crippen LogP contribution in [0, 0.1) is 13.8 Å². The summed E-state index contributed by atoms with van der Waals surface area (Å²) in [5, 5.41) is 4.60. The number of rotatable bonds is 9. The van der Waals surface area contributed by atoms with Gasteiger partial charge in [0.15, 0.2) is 11.5 Å². The van der Waals surface area contributed by atoms with Crippen molar-refractivity contribution in [3.63, 3.8) is 0 Å². The molecule has 0 radical (unpaired) electrons. The summed E-state index contributed by atoms with van der Waals surface area (Å²) >= 11 is 0. The van der Waals surface area contributed by atoms with Gasteiger partial charge in [-0.3, -0.25) is 4.79 Å². The molecule has 0 N–H and O–H groups in total. The van der Waals surface area contributed by atoms with E-state index in [9.17, 15) is 4.79 Å². The van der Waals surface area contributed by atoms with E-state index < -0.39 is 0 Å². The summed E-state index contributed by atoms with van der Waals surface area (Å²) in [6.45, 7) is 5.86. The molecule has 2 fully saturated rings. The molecule has 1 amide bonds. The molecule has 1 aliphatic heterocycles. The smallest absolute Gasteiger partial charge is 0.254 e. The monoisotopic (exact) mass is 517 g/mol. The van der Waals surface area contributed by atoms with Gasteiger partial charge in [0.05, 0.1) is 24.6 Å². The minimum absolute atomic E-state index is 0.0500. The predicted octanol–water partition coefficient (Wildman–Crippen LogP) is 6.03. The van der Waals surface area contributed by atoms with Crippen molar-refractivity contribution in [3.8, 4) is 17.2 Å². The Hall–Kier alpha value is -3.32. The minimum atomic E-state index is 0.0500. The van der Waals surface area contributed by atoms with Crippen molar-refractivity contribution < 1.29 is 19.0 Å². The molecule has 202 valence electrons. The van der Waals surface area contributed by atoms with E-state index in [0.717, 1.165) is 67.8 Å². The Morgan fingerprint density at radius 2 is 1.84 bits per heavy atom. The lowest BCUT2D eigenvalue weighted by Crippen LogP contribution is -2.38. The molecular weight excluding hydrogens is 478 g/mol. The van der Waals surface area contributed by atoms with Crippen LogP contribution in [-0.2, 0) is 11.3 Å². The van der Waals surface area contributed by atoms with Crippen LogP contribution >= 0.6 is 0 Å². The molecule has 7 heteroatoms. The summed E-state index contributed by atoms with van der Waals surface area (Å²) in [6.07, 6.45) is 7.83. The third-order valence-corrected chi connectivity index (χ3v) is 7.65. The SMILES string of the molecule is COc1cc(CN(C(=O)c2cccc(-n3nc(C)cc3C)c2)C2CCCC2)ccc1OC[C@H]1CCCCO1. The third-order valence-electron chi connectivity index (χ3n) is 7.65. The Balaban J connectivity index is 1.35. The first kappa shape index (κ1) is 26.3. The predicted molar refractivity (Wildman–Crippen MR) is 147 cm³/mol. The molecule has 1 aromatic heterocycles. The zero-order valence-electron chi connectivity index (χ0n) is 22.8. The standard InChI is InChI=1S/C31H39N3O4/c1-22-17-23(2)34(32-22)27-12-8-9-25(19-27)31(35)33(26-10-4-5-11-26)20-24-14-15-29(30(18-24)36-3)38-21-28-13-6-7-16-37-28/h8-9,12,14-15,17-19,26,28H,4-7,10-11,13,16,20-21H2,1-3H3/t28-/m1/s1. The summed E-state index contributed by atoms with van der Waals surface area (Å²) in [5.41, 5.74) is 4.61. The zero-order valence-corrected chi connectivity index (χ0v) is 22.8. The topological polar surface area (TPSA) is 65.8 Å². The Morgan fingerprint density at radius 1 is 1.03 bits per heavy atom. The molecule has 1 saturated heterocycles. The van der Waals surface area contributed by atoms with Crippen LogP contribution < -0.4 is 9.47 Å². The first-order valence-electron chi connectivity index (χ1n) is 13.9. The van der Waals surface area contributed by atoms with Crippen molar-refractivity contribution in [1.29, 1.82) is 0 Å². The molecule has 1 aliphatic carbocycles. The van der Waals surface area contributed by atoms with Gasteiger partial charge in [0, 0.05) is 30.5 Å². The summed E-state index contributed by atoms with van der Waals surface area (Å²) in [6, 6.07) is 16.1. The maximum absolute atomic E-state index is 13.9. The number of ether oxygens (including phenoxy) is 3. The van der Waals surface area contributed by atoms with Crippen LogP contribution in [0.2, 0.25) is 0 Å². The lowest BCUT2D eigenvalue weighted by atomic mass is 10.1. The van der Waals surface area contributed by atoms with E-state index >= 15 is 0 Å². The molecule has 0 spiro atoms. The highest BCUT2D eigenvalue weighted by atomic mass is 16.5. The summed E-state index contributed by atoms with van der Waals surface area (Å²) in [4.78, 5) is 16.0. The molecule has 2 aliphatic rings. The van der Waals surface area contributed by atoms with Gasteiger partial charge in [0.1, 0.15) is 6.61 Å². The van der Waals surface area contributed by atoms with Crippen LogP contribution in [0.4, 0.5) is 0 Å². The van der Waals surface area contributed by atoms with Crippen LogP contribution in [0.25, 0.3) is 5.69 Å². The average Bonchev–Trinajstić information content (AvgIpc) is 3.60. The van der Waals surface area contributed by atoms with Crippen molar-refractivity contribution in [1.82, 2.24) is 14.7 Å². The van der Waals surface area contributed by atoms with Gasteiger partial charge in [0.25, 0.3) is 5.91 Å². The second-order valence-electron chi connectivity index (χ2n) is 10.5. The minimum Gasteiger partial charge on any atom is -0.493 e. The zero-order chi connectivity index (χ0) is 26.5. The molecule has 1 atom stereocenters. The lowest BCUT2D eigenvalue weighted by molar-refractivity contribution is -0.0114. The fourth-order valence-electron chi connectivity index (χ4n) is 5.66. The quantitative estimate of drug-likeness (QED) is 0.347. The normalized spacial score (nSPS) is 17.9. The van der Waals surface area contributed by atoms with Crippen LogP contribution in [0.1, 0.15) is 72.3 Å². The van der Waals surface area contributed by atoms with E-state index in [-0.39, 0.29) is 18.1 Å².